The van der Waals surface area contributed by atoms with Gasteiger partial charge in [-0.3, -0.25) is 13.9 Å². The quantitative estimate of drug-likeness (QED) is 0.503. The molecule has 2 aromatic rings. The first-order valence-electron chi connectivity index (χ1n) is 4.75. The van der Waals surface area contributed by atoms with E-state index < -0.39 is 16.5 Å². The van der Waals surface area contributed by atoms with Gasteiger partial charge in [0.05, 0.1) is 29.9 Å². The van der Waals surface area contributed by atoms with Crippen LogP contribution in [0.3, 0.4) is 0 Å². The number of hydrogen-bond acceptors (Lipinski definition) is 3. The summed E-state index contributed by atoms with van der Waals surface area (Å²) in [7, 11) is 19.5. The van der Waals surface area contributed by atoms with Crippen molar-refractivity contribution in [1.82, 2.24) is 18.7 Å². The van der Waals surface area contributed by atoms with Crippen molar-refractivity contribution in [1.29, 1.82) is 0 Å². The maximum absolute atomic E-state index is 11.9. The molecular weight excluding hydrogens is 217 g/mol. The molecule has 9 heteroatoms. The van der Waals surface area contributed by atoms with Crippen LogP contribution in [0.2, 0.25) is 0 Å². The molecule has 0 aromatic carbocycles. The number of aromatic nitrogens is 4. The largest absolute Gasteiger partial charge is 0.330 e. The van der Waals surface area contributed by atoms with Crippen LogP contribution in [0.4, 0.5) is 0 Å². The highest BCUT2D eigenvalue weighted by molar-refractivity contribution is 6.56. The molecule has 6 radical (unpaired) electrons. The van der Waals surface area contributed by atoms with Crippen LogP contribution in [0, 0.1) is 0 Å². The molecule has 2 heterocycles. The highest BCUT2D eigenvalue weighted by atomic mass is 16.2. The van der Waals surface area contributed by atoms with E-state index in [4.69, 9.17) is 23.5 Å². The molecule has 0 aliphatic rings. The maximum Gasteiger partial charge on any atom is 0.330 e. The summed E-state index contributed by atoms with van der Waals surface area (Å²) in [5.41, 5.74) is -0.926. The average molecular weight is 224 g/mol. The van der Waals surface area contributed by atoms with Crippen molar-refractivity contribution in [3.8, 4) is 0 Å². The van der Waals surface area contributed by atoms with E-state index in [1.54, 1.807) is 7.05 Å². The summed E-state index contributed by atoms with van der Waals surface area (Å²) in [5.74, 6) is 0. The standard InChI is InChI=1S/C8H7B3N4O2/c1-13-3-12-5-4(13)6(16)14(2)7(17)15(5)8(9,10)11/h3H,1-2H3. The number of nitrogens with zero attached hydrogens (tertiary/aromatic N) is 4. The van der Waals surface area contributed by atoms with Crippen LogP contribution in [-0.2, 0) is 19.3 Å². The van der Waals surface area contributed by atoms with Crippen molar-refractivity contribution >= 4 is 34.7 Å². The fraction of sp³-hybridized carbons (Fsp3) is 0.375. The summed E-state index contributed by atoms with van der Waals surface area (Å²) in [6.45, 7) is 0. The minimum absolute atomic E-state index is 0.0631. The first kappa shape index (κ1) is 11.8. The predicted molar refractivity (Wildman–Crippen MR) is 65.5 cm³/mol. The third-order valence-electron chi connectivity index (χ3n) is 2.50. The fourth-order valence-corrected chi connectivity index (χ4v) is 1.66. The lowest BCUT2D eigenvalue weighted by molar-refractivity contribution is 0.657. The van der Waals surface area contributed by atoms with Crippen LogP contribution >= 0.6 is 0 Å². The van der Waals surface area contributed by atoms with Crippen LogP contribution < -0.4 is 11.2 Å². The van der Waals surface area contributed by atoms with Gasteiger partial charge in [-0.15, -0.1) is 0 Å². The second-order valence-electron chi connectivity index (χ2n) is 3.90. The Morgan fingerprint density at radius 1 is 1.24 bits per heavy atom. The van der Waals surface area contributed by atoms with Crippen LogP contribution in [0.25, 0.3) is 11.2 Å². The predicted octanol–water partition coefficient (Wildman–Crippen LogP) is -2.49. The summed E-state index contributed by atoms with van der Waals surface area (Å²) >= 11 is 0. The van der Waals surface area contributed by atoms with E-state index in [1.165, 1.54) is 17.9 Å². The lowest BCUT2D eigenvalue weighted by Crippen LogP contribution is -2.49. The van der Waals surface area contributed by atoms with Gasteiger partial charge >= 0.3 is 5.69 Å². The van der Waals surface area contributed by atoms with E-state index in [1.807, 2.05) is 0 Å². The minimum atomic E-state index is -1.92. The molecule has 0 fully saturated rings. The van der Waals surface area contributed by atoms with Crippen LogP contribution in [-0.4, -0.2) is 42.2 Å². The van der Waals surface area contributed by atoms with Crippen LogP contribution in [0.1, 0.15) is 0 Å². The monoisotopic (exact) mass is 224 g/mol. The average Bonchev–Trinajstić information content (AvgIpc) is 2.55. The van der Waals surface area contributed by atoms with E-state index in [2.05, 4.69) is 4.98 Å². The Kier molecular flexibility index (Phi) is 2.38. The summed E-state index contributed by atoms with van der Waals surface area (Å²) in [6.07, 6.45) is 1.38. The van der Waals surface area contributed by atoms with Crippen molar-refractivity contribution in [3.63, 3.8) is 0 Å². The minimum Gasteiger partial charge on any atom is -0.328 e. The number of fused-ring (bicyclic) bond motifs is 1. The summed E-state index contributed by atoms with van der Waals surface area (Å²) in [4.78, 5) is 27.7. The molecule has 80 valence electrons. The Morgan fingerprint density at radius 3 is 2.35 bits per heavy atom. The lowest BCUT2D eigenvalue weighted by Gasteiger charge is -2.24. The molecule has 17 heavy (non-hydrogen) atoms. The first-order valence-corrected chi connectivity index (χ1v) is 4.75. The first-order chi connectivity index (χ1) is 7.75. The molecule has 0 aliphatic carbocycles. The molecule has 0 atom stereocenters. The molecule has 0 saturated heterocycles. The van der Waals surface area contributed by atoms with Gasteiger partial charge in [0.15, 0.2) is 11.2 Å². The Balaban J connectivity index is 3.14. The van der Waals surface area contributed by atoms with Gasteiger partial charge in [0, 0.05) is 14.1 Å². The maximum atomic E-state index is 11.9. The second-order valence-corrected chi connectivity index (χ2v) is 3.90. The van der Waals surface area contributed by atoms with Crippen molar-refractivity contribution < 1.29 is 0 Å². The van der Waals surface area contributed by atoms with Crippen molar-refractivity contribution in [3.05, 3.63) is 27.2 Å². The topological polar surface area (TPSA) is 61.8 Å². The number of rotatable bonds is 1. The van der Waals surface area contributed by atoms with Gasteiger partial charge in [-0.2, -0.15) is 0 Å². The normalized spacial score (nSPS) is 12.1. The number of imidazole rings is 1. The molecule has 6 nitrogen and oxygen atoms in total. The number of aryl methyl sites for hydroxylation is 1. The molecule has 0 saturated carbocycles. The SMILES string of the molecule is [B]C([B])([B])n1c(=O)n(C)c(=O)c2c1ncn2C. The van der Waals surface area contributed by atoms with Gasteiger partial charge in [0.25, 0.3) is 5.56 Å². The van der Waals surface area contributed by atoms with E-state index in [0.717, 1.165) is 9.13 Å². The smallest absolute Gasteiger partial charge is 0.328 e. The van der Waals surface area contributed by atoms with E-state index >= 15 is 0 Å². The molecular formula is C8H7B3N4O2. The Morgan fingerprint density at radius 2 is 1.82 bits per heavy atom. The van der Waals surface area contributed by atoms with E-state index in [-0.39, 0.29) is 11.2 Å². The van der Waals surface area contributed by atoms with Gasteiger partial charge in [-0.25, -0.2) is 9.78 Å². The molecule has 2 aromatic heterocycles. The van der Waals surface area contributed by atoms with Gasteiger partial charge in [-0.05, 0) is 0 Å². The highest BCUT2D eigenvalue weighted by Crippen LogP contribution is 2.09. The molecule has 0 bridgehead atoms. The van der Waals surface area contributed by atoms with Crippen LogP contribution in [0.15, 0.2) is 15.9 Å². The Hall–Kier alpha value is -1.66. The summed E-state index contributed by atoms with van der Waals surface area (Å²) < 4.78 is 3.23. The van der Waals surface area contributed by atoms with Gasteiger partial charge < -0.3 is 4.57 Å². The lowest BCUT2D eigenvalue weighted by atomic mass is 9.49. The van der Waals surface area contributed by atoms with Crippen molar-refractivity contribution in [2.75, 3.05) is 0 Å². The van der Waals surface area contributed by atoms with Crippen molar-refractivity contribution in [2.24, 2.45) is 14.1 Å². The van der Waals surface area contributed by atoms with E-state index in [9.17, 15) is 9.59 Å². The zero-order valence-electron chi connectivity index (χ0n) is 9.41. The van der Waals surface area contributed by atoms with Gasteiger partial charge in [0.1, 0.15) is 0 Å². The zero-order valence-corrected chi connectivity index (χ0v) is 9.41. The van der Waals surface area contributed by atoms with Crippen molar-refractivity contribution in [2.45, 2.75) is 5.24 Å². The molecule has 2 rings (SSSR count). The highest BCUT2D eigenvalue weighted by Gasteiger charge is 2.22. The third-order valence-corrected chi connectivity index (χ3v) is 2.50. The van der Waals surface area contributed by atoms with E-state index in [0.29, 0.717) is 0 Å². The molecule has 0 aliphatic heterocycles. The van der Waals surface area contributed by atoms with Gasteiger partial charge in [-0.1, -0.05) is 5.24 Å². The van der Waals surface area contributed by atoms with Gasteiger partial charge in [0.2, 0.25) is 0 Å². The number of hydrogen-bond donors (Lipinski definition) is 0. The zero-order chi connectivity index (χ0) is 13.0. The molecule has 0 N–H and O–H groups in total. The Bertz CT molecular complexity index is 706. The molecule has 0 unspecified atom stereocenters. The van der Waals surface area contributed by atoms with Crippen LogP contribution in [0.5, 0.6) is 0 Å². The summed E-state index contributed by atoms with van der Waals surface area (Å²) in [5, 5.41) is -1.92. The Labute approximate surface area is 100 Å². The molecule has 0 spiro atoms. The summed E-state index contributed by atoms with van der Waals surface area (Å²) in [6, 6.07) is 0. The fourth-order valence-electron chi connectivity index (χ4n) is 1.66. The third kappa shape index (κ3) is 1.57. The second kappa shape index (κ2) is 3.42. The molecule has 0 amide bonds.